The van der Waals surface area contributed by atoms with Crippen molar-refractivity contribution in [2.24, 2.45) is 0 Å². The van der Waals surface area contributed by atoms with Gasteiger partial charge in [-0.25, -0.2) is 0 Å². The van der Waals surface area contributed by atoms with Gasteiger partial charge in [-0.2, -0.15) is 0 Å². The Morgan fingerprint density at radius 3 is 1.67 bits per heavy atom. The van der Waals surface area contributed by atoms with Crippen LogP contribution in [-0.2, 0) is 16.2 Å². The topological polar surface area (TPSA) is 3.24 Å². The summed E-state index contributed by atoms with van der Waals surface area (Å²) in [5.41, 5.74) is 18.2. The second kappa shape index (κ2) is 12.3. The molecule has 1 heterocycles. The Morgan fingerprint density at radius 2 is 1.02 bits per heavy atom. The summed E-state index contributed by atoms with van der Waals surface area (Å²) in [7, 11) is 0. The minimum atomic E-state index is -0.257. The monoisotopic (exact) mass is 765 g/mol. The van der Waals surface area contributed by atoms with Crippen molar-refractivity contribution in [1.82, 2.24) is 0 Å². The minimum absolute atomic E-state index is 0.114. The normalized spacial score (nSPS) is 14.7. The molecule has 58 heavy (non-hydrogen) atoms. The molecule has 0 N–H and O–H groups in total. The predicted molar refractivity (Wildman–Crippen MR) is 251 cm³/mol. The lowest BCUT2D eigenvalue weighted by Gasteiger charge is -2.39. The third-order valence-corrected chi connectivity index (χ3v) is 14.5. The molecule has 1 aromatic heterocycles. The molecule has 0 saturated heterocycles. The number of thiophene rings is 1. The molecule has 1 nitrogen and oxygen atoms in total. The Morgan fingerprint density at radius 1 is 0.483 bits per heavy atom. The molecule has 0 unspecified atom stereocenters. The van der Waals surface area contributed by atoms with E-state index in [1.807, 2.05) is 11.3 Å². The Balaban J connectivity index is 1.25. The van der Waals surface area contributed by atoms with E-state index in [0.29, 0.717) is 0 Å². The molecule has 0 amide bonds. The summed E-state index contributed by atoms with van der Waals surface area (Å²) in [4.78, 5) is 2.63. The summed E-state index contributed by atoms with van der Waals surface area (Å²) in [6.45, 7) is 17.1. The maximum atomic E-state index is 2.63. The standard InChI is InChI=1S/C56H47NS/c1-54(2,3)49-47-42-20-10-13-24-44(42)55(4,5)50(47)52(51-48(49)43-21-11-14-25-45(43)56(51,6)7)57(38-32-27-34-17-8-9-18-36(34)33-38)37-30-28-35(29-31-37)39-22-16-23-41-40-19-12-15-26-46(40)58-53(39)41/h8-33H,1-7H3. The molecule has 0 radical (unpaired) electrons. The predicted octanol–water partition coefficient (Wildman–Crippen LogP) is 16.3. The van der Waals surface area contributed by atoms with E-state index in [2.05, 4.69) is 211 Å². The summed E-state index contributed by atoms with van der Waals surface area (Å²) in [5.74, 6) is 0. The molecule has 8 aromatic carbocycles. The highest BCUT2D eigenvalue weighted by molar-refractivity contribution is 7.26. The van der Waals surface area contributed by atoms with Gasteiger partial charge in [0.05, 0.1) is 5.69 Å². The average Bonchev–Trinajstić information content (AvgIpc) is 3.81. The first kappa shape index (κ1) is 35.2. The number of hydrogen-bond donors (Lipinski definition) is 0. The van der Waals surface area contributed by atoms with Gasteiger partial charge in [-0.1, -0.05) is 176 Å². The van der Waals surface area contributed by atoms with Crippen molar-refractivity contribution in [3.8, 4) is 33.4 Å². The molecule has 0 atom stereocenters. The van der Waals surface area contributed by atoms with Crippen molar-refractivity contribution in [2.45, 2.75) is 64.7 Å². The Hall–Kier alpha value is -5.96. The van der Waals surface area contributed by atoms with E-state index in [1.165, 1.54) is 104 Å². The van der Waals surface area contributed by atoms with Gasteiger partial charge in [-0.15, -0.1) is 11.3 Å². The van der Waals surface area contributed by atoms with Gasteiger partial charge in [-0.05, 0) is 108 Å². The highest BCUT2D eigenvalue weighted by Crippen LogP contribution is 2.65. The number of benzene rings is 8. The molecular weight excluding hydrogens is 719 g/mol. The van der Waals surface area contributed by atoms with Crippen LogP contribution >= 0.6 is 11.3 Å². The maximum absolute atomic E-state index is 2.63. The van der Waals surface area contributed by atoms with Crippen LogP contribution in [0.5, 0.6) is 0 Å². The van der Waals surface area contributed by atoms with Gasteiger partial charge in [0, 0.05) is 42.4 Å². The number of nitrogens with zero attached hydrogens (tertiary/aromatic N) is 1. The smallest absolute Gasteiger partial charge is 0.0556 e. The lowest BCUT2D eigenvalue weighted by atomic mass is 9.71. The van der Waals surface area contributed by atoms with Crippen LogP contribution in [0.4, 0.5) is 17.1 Å². The Bertz CT molecular complexity index is 3060. The van der Waals surface area contributed by atoms with E-state index in [4.69, 9.17) is 0 Å². The number of hydrogen-bond acceptors (Lipinski definition) is 2. The first-order valence-electron chi connectivity index (χ1n) is 20.7. The number of anilines is 3. The van der Waals surface area contributed by atoms with Crippen molar-refractivity contribution in [2.75, 3.05) is 4.90 Å². The van der Waals surface area contributed by atoms with Crippen LogP contribution in [0.1, 0.15) is 76.3 Å². The first-order valence-corrected chi connectivity index (χ1v) is 21.5. The lowest BCUT2D eigenvalue weighted by molar-refractivity contribution is 0.587. The molecule has 0 fully saturated rings. The molecule has 2 aliphatic carbocycles. The molecule has 0 spiro atoms. The summed E-state index contributed by atoms with van der Waals surface area (Å²) < 4.78 is 2.67. The Kier molecular flexibility index (Phi) is 7.45. The van der Waals surface area contributed by atoms with Gasteiger partial charge in [0.25, 0.3) is 0 Å². The highest BCUT2D eigenvalue weighted by Gasteiger charge is 2.50. The molecule has 11 rings (SSSR count). The third-order valence-electron chi connectivity index (χ3n) is 13.3. The van der Waals surface area contributed by atoms with Crippen LogP contribution in [0.2, 0.25) is 0 Å². The van der Waals surface area contributed by atoms with E-state index in [9.17, 15) is 0 Å². The van der Waals surface area contributed by atoms with Gasteiger partial charge in [0.15, 0.2) is 0 Å². The SMILES string of the molecule is CC(C)(C)c1c2c(c(N(c3ccc(-c4cccc5c4sc4ccccc45)cc3)c3ccc4ccccc4c3)c3c1-c1ccccc1C3(C)C)C(C)(C)c1ccccc1-2. The zero-order chi connectivity index (χ0) is 39.7. The fourth-order valence-electron chi connectivity index (χ4n) is 10.7. The van der Waals surface area contributed by atoms with E-state index >= 15 is 0 Å². The number of fused-ring (bicyclic) bond motifs is 10. The lowest BCUT2D eigenvalue weighted by Crippen LogP contribution is -2.27. The van der Waals surface area contributed by atoms with Crippen molar-refractivity contribution in [3.05, 3.63) is 186 Å². The van der Waals surface area contributed by atoms with E-state index in [1.54, 1.807) is 0 Å². The summed E-state index contributed by atoms with van der Waals surface area (Å²) in [6.07, 6.45) is 0. The number of rotatable bonds is 4. The quantitative estimate of drug-likeness (QED) is 0.172. The molecule has 2 heteroatoms. The first-order chi connectivity index (χ1) is 27.9. The van der Waals surface area contributed by atoms with Crippen LogP contribution in [0, 0.1) is 0 Å². The molecule has 2 aliphatic rings. The van der Waals surface area contributed by atoms with Gasteiger partial charge >= 0.3 is 0 Å². The molecule has 9 aromatic rings. The van der Waals surface area contributed by atoms with Crippen molar-refractivity contribution in [1.29, 1.82) is 0 Å². The summed E-state index contributed by atoms with van der Waals surface area (Å²) in [6, 6.07) is 59.3. The molecule has 0 aliphatic heterocycles. The van der Waals surface area contributed by atoms with E-state index in [0.717, 1.165) is 5.69 Å². The third kappa shape index (κ3) is 4.88. The fourth-order valence-corrected chi connectivity index (χ4v) is 12.0. The van der Waals surface area contributed by atoms with E-state index < -0.39 is 0 Å². The van der Waals surface area contributed by atoms with Gasteiger partial charge in [0.1, 0.15) is 0 Å². The second-order valence-electron chi connectivity index (χ2n) is 18.5. The van der Waals surface area contributed by atoms with Crippen LogP contribution in [0.25, 0.3) is 64.3 Å². The fraction of sp³-hybridized carbons (Fsp3) is 0.179. The molecular formula is C56H47NS. The average molecular weight is 766 g/mol. The summed E-state index contributed by atoms with van der Waals surface area (Å²) >= 11 is 1.90. The van der Waals surface area contributed by atoms with E-state index in [-0.39, 0.29) is 16.2 Å². The maximum Gasteiger partial charge on any atom is 0.0556 e. The van der Waals surface area contributed by atoms with Crippen molar-refractivity contribution in [3.63, 3.8) is 0 Å². The summed E-state index contributed by atoms with van der Waals surface area (Å²) in [5, 5.41) is 5.14. The van der Waals surface area contributed by atoms with Crippen LogP contribution in [-0.4, -0.2) is 0 Å². The molecule has 0 saturated carbocycles. The van der Waals surface area contributed by atoms with Gasteiger partial charge in [0.2, 0.25) is 0 Å². The van der Waals surface area contributed by atoms with Crippen molar-refractivity contribution >= 4 is 59.3 Å². The zero-order valence-electron chi connectivity index (χ0n) is 34.4. The highest BCUT2D eigenvalue weighted by atomic mass is 32.1. The largest absolute Gasteiger partial charge is 0.310 e. The molecule has 282 valence electrons. The van der Waals surface area contributed by atoms with Crippen LogP contribution in [0.3, 0.4) is 0 Å². The van der Waals surface area contributed by atoms with Crippen LogP contribution in [0.15, 0.2) is 158 Å². The second-order valence-corrected chi connectivity index (χ2v) is 19.6. The Labute approximate surface area is 346 Å². The van der Waals surface area contributed by atoms with Crippen molar-refractivity contribution < 1.29 is 0 Å². The van der Waals surface area contributed by atoms with Crippen LogP contribution < -0.4 is 4.90 Å². The van der Waals surface area contributed by atoms with Gasteiger partial charge < -0.3 is 4.90 Å². The van der Waals surface area contributed by atoms with Gasteiger partial charge in [-0.3, -0.25) is 0 Å². The minimum Gasteiger partial charge on any atom is -0.310 e. The molecule has 0 bridgehead atoms. The zero-order valence-corrected chi connectivity index (χ0v) is 35.2.